The lowest BCUT2D eigenvalue weighted by atomic mass is 9.86. The van der Waals surface area contributed by atoms with Crippen LogP contribution in [0.2, 0.25) is 0 Å². The Bertz CT molecular complexity index is 72.0. The largest absolute Gasteiger partial charge is 0.103 e. The summed E-state index contributed by atoms with van der Waals surface area (Å²) in [5.41, 5.74) is 0. The van der Waals surface area contributed by atoms with E-state index in [0.717, 1.165) is 0 Å². The van der Waals surface area contributed by atoms with E-state index in [4.69, 9.17) is 0 Å². The molecule has 0 N–H and O–H groups in total. The molecule has 0 heterocycles. The Hall–Kier alpha value is -0.260. The first-order valence-corrected chi connectivity index (χ1v) is 3.52. The predicted molar refractivity (Wildman–Crippen MR) is 43.1 cm³/mol. The molecule has 0 saturated heterocycles. The summed E-state index contributed by atoms with van der Waals surface area (Å²) in [5, 5.41) is 0. The van der Waals surface area contributed by atoms with Crippen LogP contribution in [0.4, 0.5) is 0 Å². The lowest BCUT2D eigenvalue weighted by Gasteiger charge is -2.19. The molecule has 0 fully saturated rings. The zero-order valence-corrected chi connectivity index (χ0v) is 6.94. The molecule has 0 aliphatic rings. The van der Waals surface area contributed by atoms with Crippen LogP contribution in [0.1, 0.15) is 27.7 Å². The number of hydrogen-bond acceptors (Lipinski definition) is 0. The van der Waals surface area contributed by atoms with Crippen molar-refractivity contribution in [2.75, 3.05) is 0 Å². The molecule has 1 unspecified atom stereocenters. The van der Waals surface area contributed by atoms with Gasteiger partial charge in [-0.15, -0.1) is 6.58 Å². The van der Waals surface area contributed by atoms with Crippen LogP contribution in [0, 0.1) is 17.8 Å². The molecule has 1 radical (unpaired) electrons. The highest BCUT2D eigenvalue weighted by molar-refractivity contribution is 4.98. The van der Waals surface area contributed by atoms with E-state index in [1.807, 2.05) is 6.08 Å². The molecule has 0 saturated carbocycles. The van der Waals surface area contributed by atoms with E-state index < -0.39 is 0 Å². The fourth-order valence-corrected chi connectivity index (χ4v) is 1.17. The minimum atomic E-state index is 0.602. The molecule has 0 aromatic heterocycles. The van der Waals surface area contributed by atoms with Crippen LogP contribution in [-0.2, 0) is 0 Å². The Morgan fingerprint density at radius 1 is 1.33 bits per heavy atom. The molecule has 1 atom stereocenters. The first-order valence-electron chi connectivity index (χ1n) is 3.52. The smallest absolute Gasteiger partial charge is 0.0156 e. The van der Waals surface area contributed by atoms with Gasteiger partial charge < -0.3 is 0 Å². The Labute approximate surface area is 59.0 Å². The number of hydrogen-bond donors (Lipinski definition) is 0. The summed E-state index contributed by atoms with van der Waals surface area (Å²) in [4.78, 5) is 0. The summed E-state index contributed by atoms with van der Waals surface area (Å²) in [6, 6.07) is 0. The monoisotopic (exact) mass is 125 g/mol. The molecule has 0 heteroatoms. The van der Waals surface area contributed by atoms with E-state index in [9.17, 15) is 0 Å². The Balaban J connectivity index is 3.82. The maximum atomic E-state index is 3.78. The summed E-state index contributed by atoms with van der Waals surface area (Å²) < 4.78 is 0. The second-order valence-corrected chi connectivity index (χ2v) is 3.08. The molecule has 0 aliphatic carbocycles. The van der Waals surface area contributed by atoms with Gasteiger partial charge in [0, 0.05) is 0 Å². The zero-order valence-electron chi connectivity index (χ0n) is 6.94. The van der Waals surface area contributed by atoms with Gasteiger partial charge in [0.2, 0.25) is 0 Å². The van der Waals surface area contributed by atoms with Gasteiger partial charge in [-0.3, -0.25) is 0 Å². The number of rotatable bonds is 3. The summed E-state index contributed by atoms with van der Waals surface area (Å²) in [5.74, 6) is 2.76. The first-order chi connectivity index (χ1) is 4.09. The Morgan fingerprint density at radius 2 is 1.78 bits per heavy atom. The van der Waals surface area contributed by atoms with Gasteiger partial charge in [-0.05, 0) is 17.8 Å². The van der Waals surface area contributed by atoms with Crippen LogP contribution in [-0.4, -0.2) is 0 Å². The highest BCUT2D eigenvalue weighted by atomic mass is 14.2. The third-order valence-electron chi connectivity index (χ3n) is 1.64. The summed E-state index contributed by atoms with van der Waals surface area (Å²) in [6.07, 6.45) is 2.03. The molecule has 53 valence electrons. The van der Waals surface area contributed by atoms with Crippen LogP contribution >= 0.6 is 0 Å². The van der Waals surface area contributed by atoms with Gasteiger partial charge >= 0.3 is 0 Å². The van der Waals surface area contributed by atoms with Crippen molar-refractivity contribution in [3.8, 4) is 0 Å². The van der Waals surface area contributed by atoms with Crippen molar-refractivity contribution in [3.63, 3.8) is 0 Å². The van der Waals surface area contributed by atoms with Gasteiger partial charge in [-0.2, -0.15) is 0 Å². The van der Waals surface area contributed by atoms with E-state index in [0.29, 0.717) is 11.8 Å². The zero-order chi connectivity index (χ0) is 7.44. The van der Waals surface area contributed by atoms with Crippen LogP contribution in [0.15, 0.2) is 12.7 Å². The fraction of sp³-hybridized carbons (Fsp3) is 0.667. The molecule has 0 aromatic rings. The molecular formula is C9H17. The van der Waals surface area contributed by atoms with Crippen molar-refractivity contribution >= 4 is 0 Å². The molecule has 0 bridgehead atoms. The van der Waals surface area contributed by atoms with E-state index in [-0.39, 0.29) is 0 Å². The average molecular weight is 125 g/mol. The van der Waals surface area contributed by atoms with Crippen LogP contribution < -0.4 is 0 Å². The number of allylic oxidation sites excluding steroid dienone is 1. The van der Waals surface area contributed by atoms with Crippen molar-refractivity contribution in [2.24, 2.45) is 11.8 Å². The average Bonchev–Trinajstić information content (AvgIpc) is 1.64. The van der Waals surface area contributed by atoms with Crippen molar-refractivity contribution in [3.05, 3.63) is 18.6 Å². The highest BCUT2D eigenvalue weighted by Gasteiger charge is 2.12. The minimum Gasteiger partial charge on any atom is -0.103 e. The third kappa shape index (κ3) is 2.69. The Kier molecular flexibility index (Phi) is 3.60. The van der Waals surface area contributed by atoms with E-state index >= 15 is 0 Å². The first kappa shape index (κ1) is 8.74. The molecule has 9 heavy (non-hydrogen) atoms. The highest BCUT2D eigenvalue weighted by Crippen LogP contribution is 2.22. The molecule has 0 spiro atoms. The maximum Gasteiger partial charge on any atom is -0.0156 e. The van der Waals surface area contributed by atoms with Gasteiger partial charge in [0.25, 0.3) is 0 Å². The van der Waals surface area contributed by atoms with E-state index in [1.54, 1.807) is 0 Å². The van der Waals surface area contributed by atoms with E-state index in [2.05, 4.69) is 34.3 Å². The fourth-order valence-electron chi connectivity index (χ4n) is 1.17. The molecule has 0 rings (SSSR count). The van der Waals surface area contributed by atoms with E-state index in [1.165, 1.54) is 5.92 Å². The third-order valence-corrected chi connectivity index (χ3v) is 1.64. The molecule has 0 aliphatic heterocycles. The minimum absolute atomic E-state index is 0.602. The second kappa shape index (κ2) is 3.71. The summed E-state index contributed by atoms with van der Waals surface area (Å²) in [7, 11) is 0. The van der Waals surface area contributed by atoms with Gasteiger partial charge in [-0.1, -0.05) is 33.8 Å². The van der Waals surface area contributed by atoms with Crippen LogP contribution in [0.5, 0.6) is 0 Å². The second-order valence-electron chi connectivity index (χ2n) is 3.08. The van der Waals surface area contributed by atoms with Crippen molar-refractivity contribution in [1.82, 2.24) is 0 Å². The van der Waals surface area contributed by atoms with Gasteiger partial charge in [0.05, 0.1) is 0 Å². The van der Waals surface area contributed by atoms with Gasteiger partial charge in [0.1, 0.15) is 0 Å². The van der Waals surface area contributed by atoms with Crippen molar-refractivity contribution in [1.29, 1.82) is 0 Å². The molecule has 0 amide bonds. The quantitative estimate of drug-likeness (QED) is 0.508. The van der Waals surface area contributed by atoms with Crippen molar-refractivity contribution in [2.45, 2.75) is 27.7 Å². The summed E-state index contributed by atoms with van der Waals surface area (Å²) >= 11 is 0. The lowest BCUT2D eigenvalue weighted by molar-refractivity contribution is 0.482. The Morgan fingerprint density at radius 3 is 1.78 bits per heavy atom. The van der Waals surface area contributed by atoms with Gasteiger partial charge in [-0.25, -0.2) is 0 Å². The topological polar surface area (TPSA) is 0 Å². The van der Waals surface area contributed by atoms with Crippen LogP contribution in [0.25, 0.3) is 0 Å². The molecule has 0 nitrogen and oxygen atoms in total. The maximum absolute atomic E-state index is 3.78. The predicted octanol–water partition coefficient (Wildman–Crippen LogP) is 3.06. The molecule has 0 aromatic carbocycles. The standard InChI is InChI=1S/C9H17/c1-6-9(7(2)3)8(4)5/h6-7,9H,1H2,2-5H3. The molecular weight excluding hydrogens is 108 g/mol. The summed E-state index contributed by atoms with van der Waals surface area (Å²) in [6.45, 7) is 12.5. The van der Waals surface area contributed by atoms with Gasteiger partial charge in [0.15, 0.2) is 0 Å². The SMILES string of the molecule is C=CC([C](C)C)C(C)C. The van der Waals surface area contributed by atoms with Crippen molar-refractivity contribution < 1.29 is 0 Å². The lowest BCUT2D eigenvalue weighted by Crippen LogP contribution is -2.10. The van der Waals surface area contributed by atoms with Crippen LogP contribution in [0.3, 0.4) is 0 Å². The normalized spacial score (nSPS) is 11.4.